The van der Waals surface area contributed by atoms with Crippen LogP contribution in [0.2, 0.25) is 5.02 Å². The van der Waals surface area contributed by atoms with Crippen molar-refractivity contribution in [2.45, 2.75) is 50.0 Å². The molecule has 168 valence electrons. The van der Waals surface area contributed by atoms with Crippen LogP contribution in [0.4, 0.5) is 5.82 Å². The van der Waals surface area contributed by atoms with Crippen molar-refractivity contribution in [1.82, 2.24) is 9.29 Å². The molecule has 0 bridgehead atoms. The van der Waals surface area contributed by atoms with Gasteiger partial charge in [-0.2, -0.15) is 9.30 Å². The second-order valence-corrected chi connectivity index (χ2v) is 9.57. The number of carbonyl (C=O) groups is 1. The smallest absolute Gasteiger partial charge is 0.327 e. The fraction of sp³-hybridized carbons (Fsp3) is 0.450. The third-order valence-electron chi connectivity index (χ3n) is 5.46. The highest BCUT2D eigenvalue weighted by Gasteiger charge is 2.52. The SMILES string of the molecule is CCOC(=O)C1(N(CC)S(=O)(=O)c2ccc3c(Cl)cnc(N=C(N)N)c3c2)CCCC1. The van der Waals surface area contributed by atoms with Crippen molar-refractivity contribution in [2.75, 3.05) is 13.2 Å². The van der Waals surface area contributed by atoms with Gasteiger partial charge < -0.3 is 16.2 Å². The highest BCUT2D eigenvalue weighted by atomic mass is 35.5. The number of benzene rings is 1. The summed E-state index contributed by atoms with van der Waals surface area (Å²) in [5.41, 5.74) is 9.76. The van der Waals surface area contributed by atoms with Gasteiger partial charge in [0.15, 0.2) is 11.8 Å². The van der Waals surface area contributed by atoms with Gasteiger partial charge in [0.2, 0.25) is 10.0 Å². The van der Waals surface area contributed by atoms with Crippen molar-refractivity contribution in [3.8, 4) is 0 Å². The summed E-state index contributed by atoms with van der Waals surface area (Å²) in [7, 11) is -4.06. The molecule has 0 radical (unpaired) electrons. The number of hydrogen-bond acceptors (Lipinski definition) is 6. The van der Waals surface area contributed by atoms with E-state index in [0.717, 1.165) is 12.8 Å². The summed E-state index contributed by atoms with van der Waals surface area (Å²) >= 11 is 6.23. The number of guanidine groups is 1. The number of aromatic nitrogens is 1. The first-order valence-corrected chi connectivity index (χ1v) is 11.9. The zero-order chi connectivity index (χ0) is 22.8. The van der Waals surface area contributed by atoms with E-state index in [1.54, 1.807) is 19.9 Å². The second-order valence-electron chi connectivity index (χ2n) is 7.30. The number of esters is 1. The first-order chi connectivity index (χ1) is 14.7. The maximum Gasteiger partial charge on any atom is 0.327 e. The molecule has 0 unspecified atom stereocenters. The standard InChI is InChI=1S/C20H26ClN5O4S/c1-3-26(20(9-5-6-10-20)18(27)30-4-2)31(28,29)13-7-8-14-15(11-13)17(25-19(22)23)24-12-16(14)21/h7-8,11-12H,3-6,9-10H2,1-2H3,(H4,22,23,24,25). The van der Waals surface area contributed by atoms with Crippen molar-refractivity contribution in [3.05, 3.63) is 29.4 Å². The minimum atomic E-state index is -4.06. The minimum Gasteiger partial charge on any atom is -0.465 e. The number of halogens is 1. The van der Waals surface area contributed by atoms with Gasteiger partial charge in [0.1, 0.15) is 5.54 Å². The number of sulfonamides is 1. The summed E-state index contributed by atoms with van der Waals surface area (Å²) in [6.07, 6.45) is 3.72. The number of ether oxygens (including phenoxy) is 1. The lowest BCUT2D eigenvalue weighted by molar-refractivity contribution is -0.154. The van der Waals surface area contributed by atoms with Crippen molar-refractivity contribution in [2.24, 2.45) is 16.5 Å². The molecular formula is C20H26ClN5O4S. The predicted molar refractivity (Wildman–Crippen MR) is 120 cm³/mol. The lowest BCUT2D eigenvalue weighted by Gasteiger charge is -2.37. The molecule has 11 heteroatoms. The van der Waals surface area contributed by atoms with Crippen LogP contribution in [0.3, 0.4) is 0 Å². The topological polar surface area (TPSA) is 141 Å². The largest absolute Gasteiger partial charge is 0.465 e. The maximum absolute atomic E-state index is 13.7. The van der Waals surface area contributed by atoms with Crippen LogP contribution in [0.15, 0.2) is 34.3 Å². The summed E-state index contributed by atoms with van der Waals surface area (Å²) in [5.74, 6) is -0.572. The monoisotopic (exact) mass is 467 g/mol. The Hall–Kier alpha value is -2.43. The summed E-state index contributed by atoms with van der Waals surface area (Å²) in [6.45, 7) is 3.71. The second kappa shape index (κ2) is 8.97. The molecule has 4 N–H and O–H groups in total. The number of rotatable bonds is 7. The molecule has 1 saturated carbocycles. The lowest BCUT2D eigenvalue weighted by atomic mass is 9.98. The lowest BCUT2D eigenvalue weighted by Crippen LogP contribution is -2.55. The average molecular weight is 468 g/mol. The number of carbonyl (C=O) groups excluding carboxylic acids is 1. The van der Waals surface area contributed by atoms with Gasteiger partial charge in [-0.1, -0.05) is 37.4 Å². The summed E-state index contributed by atoms with van der Waals surface area (Å²) < 4.78 is 33.9. The number of aliphatic imine (C=N–C) groups is 1. The van der Waals surface area contributed by atoms with Crippen LogP contribution in [-0.4, -0.2) is 48.3 Å². The van der Waals surface area contributed by atoms with Crippen molar-refractivity contribution >= 4 is 50.1 Å². The number of pyridine rings is 1. The predicted octanol–water partition coefficient (Wildman–Crippen LogP) is 2.68. The van der Waals surface area contributed by atoms with Gasteiger partial charge in [-0.3, -0.25) is 4.79 Å². The van der Waals surface area contributed by atoms with Crippen LogP contribution in [0.5, 0.6) is 0 Å². The molecule has 1 aromatic heterocycles. The van der Waals surface area contributed by atoms with Crippen LogP contribution < -0.4 is 11.5 Å². The number of nitrogens with two attached hydrogens (primary N) is 2. The Bertz CT molecular complexity index is 1130. The van der Waals surface area contributed by atoms with E-state index in [1.165, 1.54) is 22.6 Å². The van der Waals surface area contributed by atoms with Gasteiger partial charge >= 0.3 is 5.97 Å². The van der Waals surface area contributed by atoms with Crippen molar-refractivity contribution in [1.29, 1.82) is 0 Å². The Kier molecular flexibility index (Phi) is 6.73. The number of nitrogens with zero attached hydrogens (tertiary/aromatic N) is 3. The molecule has 0 aliphatic heterocycles. The van der Waals surface area contributed by atoms with Gasteiger partial charge in [0.25, 0.3) is 0 Å². The van der Waals surface area contributed by atoms with Gasteiger partial charge in [0, 0.05) is 23.5 Å². The van der Waals surface area contributed by atoms with E-state index >= 15 is 0 Å². The number of hydrogen-bond donors (Lipinski definition) is 2. The number of fused-ring (bicyclic) bond motifs is 1. The van der Waals surface area contributed by atoms with E-state index in [0.29, 0.717) is 28.6 Å². The van der Waals surface area contributed by atoms with Crippen LogP contribution in [0.1, 0.15) is 39.5 Å². The Balaban J connectivity index is 2.17. The summed E-state index contributed by atoms with van der Waals surface area (Å²) in [5, 5.41) is 1.27. The van der Waals surface area contributed by atoms with Gasteiger partial charge in [0.05, 0.1) is 16.5 Å². The molecule has 9 nitrogen and oxygen atoms in total. The van der Waals surface area contributed by atoms with E-state index in [-0.39, 0.29) is 29.8 Å². The minimum absolute atomic E-state index is 0.00599. The number of likely N-dealkylation sites (N-methyl/N-ethyl adjacent to an activating group) is 1. The fourth-order valence-corrected chi connectivity index (χ4v) is 6.19. The molecule has 0 spiro atoms. The van der Waals surface area contributed by atoms with E-state index in [2.05, 4.69) is 9.98 Å². The van der Waals surface area contributed by atoms with Crippen LogP contribution in [0.25, 0.3) is 10.8 Å². The Labute approximate surface area is 186 Å². The van der Waals surface area contributed by atoms with E-state index in [9.17, 15) is 13.2 Å². The Morgan fingerprint density at radius 3 is 2.52 bits per heavy atom. The average Bonchev–Trinajstić information content (AvgIpc) is 3.21. The fourth-order valence-electron chi connectivity index (χ4n) is 4.16. The molecule has 2 aromatic rings. The van der Waals surface area contributed by atoms with Crippen molar-refractivity contribution < 1.29 is 17.9 Å². The molecule has 0 amide bonds. The van der Waals surface area contributed by atoms with Gasteiger partial charge in [-0.25, -0.2) is 13.4 Å². The quantitative estimate of drug-likeness (QED) is 0.362. The Morgan fingerprint density at radius 2 is 1.94 bits per heavy atom. The van der Waals surface area contributed by atoms with E-state index in [4.69, 9.17) is 27.8 Å². The highest BCUT2D eigenvalue weighted by Crippen LogP contribution is 2.40. The molecule has 1 fully saturated rings. The normalized spacial score (nSPS) is 15.9. The maximum atomic E-state index is 13.7. The van der Waals surface area contributed by atoms with E-state index in [1.807, 2.05) is 0 Å². The first kappa shape index (κ1) is 23.2. The van der Waals surface area contributed by atoms with Crippen LogP contribution >= 0.6 is 11.6 Å². The molecule has 1 aliphatic carbocycles. The molecule has 0 atom stereocenters. The van der Waals surface area contributed by atoms with Crippen LogP contribution in [0, 0.1) is 0 Å². The van der Waals surface area contributed by atoms with Crippen LogP contribution in [-0.2, 0) is 19.6 Å². The molecule has 3 rings (SSSR count). The first-order valence-electron chi connectivity index (χ1n) is 10.1. The van der Waals surface area contributed by atoms with E-state index < -0.39 is 21.5 Å². The molecule has 0 saturated heterocycles. The van der Waals surface area contributed by atoms with Gasteiger partial charge in [-0.15, -0.1) is 0 Å². The summed E-state index contributed by atoms with van der Waals surface area (Å²) in [6, 6.07) is 4.47. The molecule has 1 aromatic carbocycles. The summed E-state index contributed by atoms with van der Waals surface area (Å²) in [4.78, 5) is 21.0. The molecule has 1 heterocycles. The third-order valence-corrected chi connectivity index (χ3v) is 7.80. The third kappa shape index (κ3) is 4.19. The van der Waals surface area contributed by atoms with Crippen molar-refractivity contribution in [3.63, 3.8) is 0 Å². The van der Waals surface area contributed by atoms with Gasteiger partial charge in [-0.05, 0) is 31.9 Å². The molecule has 31 heavy (non-hydrogen) atoms. The molecule has 1 aliphatic rings. The zero-order valence-corrected chi connectivity index (χ0v) is 19.0. The Morgan fingerprint density at radius 1 is 1.26 bits per heavy atom. The highest BCUT2D eigenvalue weighted by molar-refractivity contribution is 7.89. The molecular weight excluding hydrogens is 442 g/mol. The zero-order valence-electron chi connectivity index (χ0n) is 17.5.